The fourth-order valence-corrected chi connectivity index (χ4v) is 1.92. The molecule has 0 aliphatic heterocycles. The summed E-state index contributed by atoms with van der Waals surface area (Å²) < 4.78 is 0. The Kier molecular flexibility index (Phi) is 1.80. The second-order valence-electron chi connectivity index (χ2n) is 3.90. The molecule has 3 nitrogen and oxygen atoms in total. The maximum Gasteiger partial charge on any atom is 0.198 e. The Balaban J connectivity index is 2.61. The lowest BCUT2D eigenvalue weighted by Crippen LogP contribution is -2.05. The number of hydrogen-bond acceptors (Lipinski definition) is 2. The van der Waals surface area contributed by atoms with Crippen LogP contribution < -0.4 is 5.43 Å². The van der Waals surface area contributed by atoms with Crippen LogP contribution in [0.1, 0.15) is 5.56 Å². The van der Waals surface area contributed by atoms with Crippen LogP contribution in [0.15, 0.2) is 41.3 Å². The van der Waals surface area contributed by atoms with Crippen molar-refractivity contribution in [2.24, 2.45) is 0 Å². The highest BCUT2D eigenvalue weighted by atomic mass is 16.1. The van der Waals surface area contributed by atoms with Crippen molar-refractivity contribution in [3.8, 4) is 0 Å². The van der Waals surface area contributed by atoms with Crippen molar-refractivity contribution in [3.05, 3.63) is 52.3 Å². The number of aromatic amines is 1. The van der Waals surface area contributed by atoms with Gasteiger partial charge in [-0.05, 0) is 31.2 Å². The minimum atomic E-state index is 0.0422. The van der Waals surface area contributed by atoms with Gasteiger partial charge in [-0.2, -0.15) is 0 Å². The lowest BCUT2D eigenvalue weighted by molar-refractivity contribution is 1.31. The molecule has 16 heavy (non-hydrogen) atoms. The van der Waals surface area contributed by atoms with Crippen LogP contribution in [-0.4, -0.2) is 9.97 Å². The van der Waals surface area contributed by atoms with E-state index in [2.05, 4.69) is 9.97 Å². The lowest BCUT2D eigenvalue weighted by Gasteiger charge is -2.02. The normalized spacial score (nSPS) is 11.1. The van der Waals surface area contributed by atoms with Crippen LogP contribution in [0, 0.1) is 6.92 Å². The number of fused-ring (bicyclic) bond motifs is 2. The molecule has 0 amide bonds. The SMILES string of the molecule is Cc1ccc2[nH]c3ncccc3c(=O)c2c1. The Morgan fingerprint density at radius 2 is 2.06 bits per heavy atom. The second-order valence-corrected chi connectivity index (χ2v) is 3.90. The summed E-state index contributed by atoms with van der Waals surface area (Å²) in [5, 5.41) is 1.36. The summed E-state index contributed by atoms with van der Waals surface area (Å²) in [7, 11) is 0. The molecular formula is C13H10N2O. The van der Waals surface area contributed by atoms with Crippen LogP contribution >= 0.6 is 0 Å². The Morgan fingerprint density at radius 3 is 2.94 bits per heavy atom. The van der Waals surface area contributed by atoms with E-state index in [1.54, 1.807) is 18.3 Å². The van der Waals surface area contributed by atoms with Crippen LogP contribution in [0.25, 0.3) is 21.9 Å². The van der Waals surface area contributed by atoms with Gasteiger partial charge in [-0.25, -0.2) is 4.98 Å². The van der Waals surface area contributed by atoms with Gasteiger partial charge >= 0.3 is 0 Å². The monoisotopic (exact) mass is 210 g/mol. The molecule has 0 aliphatic carbocycles. The number of nitrogens with one attached hydrogen (secondary N) is 1. The molecule has 0 radical (unpaired) electrons. The average molecular weight is 210 g/mol. The van der Waals surface area contributed by atoms with Crippen LogP contribution in [-0.2, 0) is 0 Å². The molecule has 3 aromatic rings. The standard InChI is InChI=1S/C13H10N2O/c1-8-4-5-11-10(7-8)12(16)9-3-2-6-14-13(9)15-11/h2-7H,1H3,(H,14,15,16). The van der Waals surface area contributed by atoms with E-state index in [0.717, 1.165) is 16.5 Å². The first-order valence-corrected chi connectivity index (χ1v) is 5.13. The first kappa shape index (κ1) is 9.09. The molecule has 3 rings (SSSR count). The molecule has 1 aromatic carbocycles. The van der Waals surface area contributed by atoms with Gasteiger partial charge in [0.05, 0.1) is 10.9 Å². The third-order valence-corrected chi connectivity index (χ3v) is 2.73. The van der Waals surface area contributed by atoms with Crippen LogP contribution in [0.2, 0.25) is 0 Å². The highest BCUT2D eigenvalue weighted by molar-refractivity contribution is 5.90. The first-order chi connectivity index (χ1) is 7.75. The fraction of sp³-hybridized carbons (Fsp3) is 0.0769. The molecule has 0 spiro atoms. The van der Waals surface area contributed by atoms with Crippen molar-refractivity contribution >= 4 is 21.9 Å². The topological polar surface area (TPSA) is 45.8 Å². The predicted molar refractivity (Wildman–Crippen MR) is 64.6 cm³/mol. The third-order valence-electron chi connectivity index (χ3n) is 2.73. The molecule has 0 saturated carbocycles. The molecule has 3 heteroatoms. The minimum Gasteiger partial charge on any atom is -0.339 e. The van der Waals surface area contributed by atoms with E-state index in [1.165, 1.54) is 0 Å². The van der Waals surface area contributed by atoms with E-state index in [0.29, 0.717) is 11.0 Å². The van der Waals surface area contributed by atoms with Crippen molar-refractivity contribution in [3.63, 3.8) is 0 Å². The van der Waals surface area contributed by atoms with Gasteiger partial charge in [0.25, 0.3) is 0 Å². The molecule has 0 atom stereocenters. The van der Waals surface area contributed by atoms with E-state index in [-0.39, 0.29) is 5.43 Å². The van der Waals surface area contributed by atoms with Gasteiger partial charge < -0.3 is 4.98 Å². The van der Waals surface area contributed by atoms with E-state index in [1.807, 2.05) is 25.1 Å². The van der Waals surface area contributed by atoms with Gasteiger partial charge in [-0.3, -0.25) is 4.79 Å². The zero-order valence-corrected chi connectivity index (χ0v) is 8.82. The Labute approximate surface area is 91.8 Å². The lowest BCUT2D eigenvalue weighted by atomic mass is 10.1. The van der Waals surface area contributed by atoms with Crippen molar-refractivity contribution in [2.75, 3.05) is 0 Å². The van der Waals surface area contributed by atoms with Crippen LogP contribution in [0.3, 0.4) is 0 Å². The summed E-state index contributed by atoms with van der Waals surface area (Å²) in [5.41, 5.74) is 2.60. The first-order valence-electron chi connectivity index (χ1n) is 5.13. The van der Waals surface area contributed by atoms with Gasteiger partial charge in [0, 0.05) is 11.6 Å². The summed E-state index contributed by atoms with van der Waals surface area (Å²) in [5.74, 6) is 0. The fourth-order valence-electron chi connectivity index (χ4n) is 1.92. The van der Waals surface area contributed by atoms with Crippen LogP contribution in [0.5, 0.6) is 0 Å². The maximum atomic E-state index is 12.2. The Morgan fingerprint density at radius 1 is 1.19 bits per heavy atom. The van der Waals surface area contributed by atoms with E-state index in [4.69, 9.17) is 0 Å². The van der Waals surface area contributed by atoms with Crippen LogP contribution in [0.4, 0.5) is 0 Å². The van der Waals surface area contributed by atoms with Gasteiger partial charge in [0.2, 0.25) is 0 Å². The quantitative estimate of drug-likeness (QED) is 0.579. The molecule has 2 aromatic heterocycles. The van der Waals surface area contributed by atoms with Crippen molar-refractivity contribution in [1.82, 2.24) is 9.97 Å². The van der Waals surface area contributed by atoms with Gasteiger partial charge in [0.15, 0.2) is 5.43 Å². The summed E-state index contributed by atoms with van der Waals surface area (Å²) in [6.07, 6.45) is 1.68. The zero-order valence-electron chi connectivity index (χ0n) is 8.82. The molecule has 0 aliphatic rings. The highest BCUT2D eigenvalue weighted by Gasteiger charge is 2.04. The van der Waals surface area contributed by atoms with Crippen molar-refractivity contribution in [1.29, 1.82) is 0 Å². The summed E-state index contributed by atoms with van der Waals surface area (Å²) in [6, 6.07) is 9.37. The number of aromatic nitrogens is 2. The van der Waals surface area contributed by atoms with Gasteiger partial charge in [0.1, 0.15) is 5.65 Å². The molecular weight excluding hydrogens is 200 g/mol. The zero-order chi connectivity index (χ0) is 11.1. The average Bonchev–Trinajstić information content (AvgIpc) is 2.31. The molecule has 1 N–H and O–H groups in total. The predicted octanol–water partition coefficient (Wildman–Crippen LogP) is 2.38. The number of benzene rings is 1. The molecule has 0 fully saturated rings. The molecule has 78 valence electrons. The molecule has 0 saturated heterocycles. The maximum absolute atomic E-state index is 12.2. The molecule has 0 unspecified atom stereocenters. The van der Waals surface area contributed by atoms with Gasteiger partial charge in [-0.15, -0.1) is 0 Å². The number of hydrogen-bond donors (Lipinski definition) is 1. The highest BCUT2D eigenvalue weighted by Crippen LogP contribution is 2.13. The summed E-state index contributed by atoms with van der Waals surface area (Å²) in [4.78, 5) is 19.5. The Hall–Kier alpha value is -2.16. The number of H-pyrrole nitrogens is 1. The smallest absolute Gasteiger partial charge is 0.198 e. The third kappa shape index (κ3) is 1.21. The van der Waals surface area contributed by atoms with E-state index < -0.39 is 0 Å². The molecule has 2 heterocycles. The van der Waals surface area contributed by atoms with Gasteiger partial charge in [-0.1, -0.05) is 11.6 Å². The number of aryl methyl sites for hydroxylation is 1. The second kappa shape index (κ2) is 3.17. The van der Waals surface area contributed by atoms with Crippen molar-refractivity contribution in [2.45, 2.75) is 6.92 Å². The molecule has 0 bridgehead atoms. The van der Waals surface area contributed by atoms with Crippen molar-refractivity contribution < 1.29 is 0 Å². The minimum absolute atomic E-state index is 0.0422. The Bertz CT molecular complexity index is 744. The number of rotatable bonds is 0. The number of nitrogens with zero attached hydrogens (tertiary/aromatic N) is 1. The largest absolute Gasteiger partial charge is 0.339 e. The summed E-state index contributed by atoms with van der Waals surface area (Å²) in [6.45, 7) is 1.98. The van der Waals surface area contributed by atoms with E-state index >= 15 is 0 Å². The van der Waals surface area contributed by atoms with E-state index in [9.17, 15) is 4.79 Å². The summed E-state index contributed by atoms with van der Waals surface area (Å²) >= 11 is 0. The number of pyridine rings is 2.